The molecule has 0 heterocycles. The summed E-state index contributed by atoms with van der Waals surface area (Å²) in [5.41, 5.74) is 1.94. The Bertz CT molecular complexity index is 427. The smallest absolute Gasteiger partial charge is 0.308 e. The fourth-order valence-electron chi connectivity index (χ4n) is 2.24. The van der Waals surface area contributed by atoms with E-state index >= 15 is 0 Å². The zero-order chi connectivity index (χ0) is 12.4. The van der Waals surface area contributed by atoms with Crippen molar-refractivity contribution in [3.8, 4) is 0 Å². The average molecular weight is 232 g/mol. The summed E-state index contributed by atoms with van der Waals surface area (Å²) >= 11 is 0. The number of esters is 1. The van der Waals surface area contributed by atoms with Gasteiger partial charge in [-0.3, -0.25) is 9.59 Å². The lowest BCUT2D eigenvalue weighted by Gasteiger charge is -2.33. The number of hydrogen-bond donors (Lipinski definition) is 0. The number of benzene rings is 1. The van der Waals surface area contributed by atoms with Gasteiger partial charge in [0, 0.05) is 5.56 Å². The van der Waals surface area contributed by atoms with Gasteiger partial charge in [0.1, 0.15) is 0 Å². The second-order valence-corrected chi connectivity index (χ2v) is 4.57. The minimum absolute atomic E-state index is 0.0532. The third-order valence-corrected chi connectivity index (χ3v) is 3.46. The number of carbonyl (C=O) groups excluding carboxylic acids is 2. The van der Waals surface area contributed by atoms with Crippen LogP contribution < -0.4 is 0 Å². The molecule has 90 valence electrons. The minimum Gasteiger partial charge on any atom is -0.469 e. The van der Waals surface area contributed by atoms with E-state index in [9.17, 15) is 9.59 Å². The van der Waals surface area contributed by atoms with Crippen molar-refractivity contribution in [1.29, 1.82) is 0 Å². The van der Waals surface area contributed by atoms with Crippen LogP contribution in [0.25, 0.3) is 0 Å². The summed E-state index contributed by atoms with van der Waals surface area (Å²) in [6, 6.07) is 7.66. The van der Waals surface area contributed by atoms with Gasteiger partial charge in [-0.15, -0.1) is 0 Å². The molecule has 0 aromatic heterocycles. The highest BCUT2D eigenvalue weighted by molar-refractivity contribution is 5.94. The molecule has 1 aromatic rings. The summed E-state index contributed by atoms with van der Waals surface area (Å²) in [5, 5.41) is 0. The van der Waals surface area contributed by atoms with E-state index in [0.717, 1.165) is 18.4 Å². The molecule has 0 N–H and O–H groups in total. The van der Waals surface area contributed by atoms with Gasteiger partial charge in [-0.05, 0) is 31.2 Å². The predicted octanol–water partition coefficient (Wildman–Crippen LogP) is 2.56. The number of ketones is 1. The summed E-state index contributed by atoms with van der Waals surface area (Å²) in [4.78, 5) is 22.4. The first kappa shape index (κ1) is 11.8. The van der Waals surface area contributed by atoms with Gasteiger partial charge in [0.15, 0.2) is 5.78 Å². The first-order chi connectivity index (χ1) is 8.11. The van der Waals surface area contributed by atoms with Crippen molar-refractivity contribution in [3.05, 3.63) is 35.4 Å². The van der Waals surface area contributed by atoms with Crippen LogP contribution in [-0.4, -0.2) is 18.9 Å². The maximum absolute atomic E-state index is 11.2. The molecule has 1 aromatic carbocycles. The van der Waals surface area contributed by atoms with Crippen LogP contribution in [0.15, 0.2) is 24.3 Å². The lowest BCUT2D eigenvalue weighted by Crippen LogP contribution is -2.29. The molecule has 1 saturated carbocycles. The second kappa shape index (κ2) is 4.70. The highest BCUT2D eigenvalue weighted by Crippen LogP contribution is 2.42. The number of hydrogen-bond acceptors (Lipinski definition) is 3. The Hall–Kier alpha value is -1.64. The van der Waals surface area contributed by atoms with Crippen LogP contribution in [0.4, 0.5) is 0 Å². The fourth-order valence-corrected chi connectivity index (χ4v) is 2.24. The van der Waals surface area contributed by atoms with Crippen LogP contribution >= 0.6 is 0 Å². The Morgan fingerprint density at radius 2 is 1.76 bits per heavy atom. The van der Waals surface area contributed by atoms with E-state index in [4.69, 9.17) is 4.74 Å². The Morgan fingerprint density at radius 1 is 1.18 bits per heavy atom. The number of carbonyl (C=O) groups is 2. The summed E-state index contributed by atoms with van der Waals surface area (Å²) in [5.74, 6) is 0.455. The van der Waals surface area contributed by atoms with Crippen LogP contribution in [0.1, 0.15) is 41.6 Å². The molecule has 0 unspecified atom stereocenters. The Balaban J connectivity index is 1.97. The third-order valence-electron chi connectivity index (χ3n) is 3.46. The molecule has 2 rings (SSSR count). The molecule has 3 nitrogen and oxygen atoms in total. The van der Waals surface area contributed by atoms with Gasteiger partial charge in [-0.25, -0.2) is 0 Å². The predicted molar refractivity (Wildman–Crippen MR) is 63.9 cm³/mol. The van der Waals surface area contributed by atoms with Crippen LogP contribution in [-0.2, 0) is 9.53 Å². The maximum atomic E-state index is 11.2. The standard InChI is InChI=1S/C14H16O3/c1-9(15)10-3-5-11(6-4-10)12-7-13(8-12)14(16)17-2/h3-6,12-13H,7-8H2,1-2H3. The molecular formula is C14H16O3. The van der Waals surface area contributed by atoms with Gasteiger partial charge in [-0.2, -0.15) is 0 Å². The van der Waals surface area contributed by atoms with Crippen molar-refractivity contribution in [2.45, 2.75) is 25.7 Å². The molecule has 3 heteroatoms. The number of Topliss-reactive ketones (excluding diaryl/α,β-unsaturated/α-hetero) is 1. The van der Waals surface area contributed by atoms with Gasteiger partial charge in [0.2, 0.25) is 0 Å². The van der Waals surface area contributed by atoms with E-state index in [0.29, 0.717) is 5.92 Å². The first-order valence-electron chi connectivity index (χ1n) is 5.80. The largest absolute Gasteiger partial charge is 0.469 e. The Kier molecular flexibility index (Phi) is 3.27. The fraction of sp³-hybridized carbons (Fsp3) is 0.429. The van der Waals surface area contributed by atoms with E-state index in [1.165, 1.54) is 12.7 Å². The molecule has 0 amide bonds. The number of rotatable bonds is 3. The van der Waals surface area contributed by atoms with E-state index < -0.39 is 0 Å². The maximum Gasteiger partial charge on any atom is 0.308 e. The van der Waals surface area contributed by atoms with Gasteiger partial charge in [-0.1, -0.05) is 24.3 Å². The van der Waals surface area contributed by atoms with Crippen molar-refractivity contribution in [3.63, 3.8) is 0 Å². The van der Waals surface area contributed by atoms with E-state index in [-0.39, 0.29) is 17.7 Å². The quantitative estimate of drug-likeness (QED) is 0.594. The van der Waals surface area contributed by atoms with Crippen molar-refractivity contribution in [1.82, 2.24) is 0 Å². The topological polar surface area (TPSA) is 43.4 Å². The zero-order valence-corrected chi connectivity index (χ0v) is 10.1. The van der Waals surface area contributed by atoms with Gasteiger partial charge < -0.3 is 4.74 Å². The van der Waals surface area contributed by atoms with Gasteiger partial charge >= 0.3 is 5.97 Å². The molecule has 17 heavy (non-hydrogen) atoms. The highest BCUT2D eigenvalue weighted by atomic mass is 16.5. The average Bonchev–Trinajstić information content (AvgIpc) is 2.27. The molecule has 1 fully saturated rings. The van der Waals surface area contributed by atoms with E-state index in [1.807, 2.05) is 24.3 Å². The lowest BCUT2D eigenvalue weighted by molar-refractivity contribution is -0.148. The zero-order valence-electron chi connectivity index (χ0n) is 10.1. The summed E-state index contributed by atoms with van der Waals surface area (Å²) in [6.07, 6.45) is 1.71. The van der Waals surface area contributed by atoms with Gasteiger partial charge in [0.25, 0.3) is 0 Å². The molecule has 1 aliphatic carbocycles. The van der Waals surface area contributed by atoms with Crippen LogP contribution in [0.5, 0.6) is 0 Å². The van der Waals surface area contributed by atoms with Crippen molar-refractivity contribution in [2.24, 2.45) is 5.92 Å². The summed E-state index contributed by atoms with van der Waals surface area (Å²) in [7, 11) is 1.43. The lowest BCUT2D eigenvalue weighted by atomic mass is 9.71. The Labute approximate surface area is 101 Å². The molecule has 1 aliphatic rings. The van der Waals surface area contributed by atoms with Crippen LogP contribution in [0.3, 0.4) is 0 Å². The number of ether oxygens (including phenoxy) is 1. The molecule has 0 radical (unpaired) electrons. The molecule has 0 saturated heterocycles. The SMILES string of the molecule is COC(=O)C1CC(c2ccc(C(C)=O)cc2)C1. The molecule has 0 bridgehead atoms. The number of methoxy groups -OCH3 is 1. The van der Waals surface area contributed by atoms with E-state index in [2.05, 4.69) is 0 Å². The van der Waals surface area contributed by atoms with Crippen LogP contribution in [0.2, 0.25) is 0 Å². The monoisotopic (exact) mass is 232 g/mol. The molecule has 0 spiro atoms. The normalized spacial score (nSPS) is 22.7. The summed E-state index contributed by atoms with van der Waals surface area (Å²) < 4.78 is 4.71. The first-order valence-corrected chi connectivity index (χ1v) is 5.80. The molecule has 0 aliphatic heterocycles. The molecular weight excluding hydrogens is 216 g/mol. The van der Waals surface area contributed by atoms with Gasteiger partial charge in [0.05, 0.1) is 13.0 Å². The minimum atomic E-state index is -0.110. The summed E-state index contributed by atoms with van der Waals surface area (Å²) in [6.45, 7) is 1.56. The third kappa shape index (κ3) is 2.38. The van der Waals surface area contributed by atoms with E-state index in [1.54, 1.807) is 6.92 Å². The second-order valence-electron chi connectivity index (χ2n) is 4.57. The van der Waals surface area contributed by atoms with Crippen LogP contribution in [0, 0.1) is 5.92 Å². The van der Waals surface area contributed by atoms with Crippen molar-refractivity contribution in [2.75, 3.05) is 7.11 Å². The van der Waals surface area contributed by atoms with Crippen molar-refractivity contribution < 1.29 is 14.3 Å². The molecule has 0 atom stereocenters. The van der Waals surface area contributed by atoms with Crippen molar-refractivity contribution >= 4 is 11.8 Å². The highest BCUT2D eigenvalue weighted by Gasteiger charge is 2.35. The Morgan fingerprint density at radius 3 is 2.24 bits per heavy atom.